The fourth-order valence-corrected chi connectivity index (χ4v) is 4.44. The lowest BCUT2D eigenvalue weighted by Crippen LogP contribution is -2.23. The predicted molar refractivity (Wildman–Crippen MR) is 70.7 cm³/mol. The van der Waals surface area contributed by atoms with Crippen molar-refractivity contribution in [2.45, 2.75) is 65.4 Å². The SMILES string of the molecule is CC1=CCC(CC2CC23CCCC3O)C1(C)C. The van der Waals surface area contributed by atoms with Gasteiger partial charge in [-0.25, -0.2) is 0 Å². The first-order valence-corrected chi connectivity index (χ1v) is 7.32. The van der Waals surface area contributed by atoms with Crippen LogP contribution >= 0.6 is 0 Å². The number of aliphatic hydroxyl groups excluding tert-OH is 1. The van der Waals surface area contributed by atoms with Crippen LogP contribution in [0.5, 0.6) is 0 Å². The van der Waals surface area contributed by atoms with E-state index in [0.717, 1.165) is 18.3 Å². The summed E-state index contributed by atoms with van der Waals surface area (Å²) in [6.45, 7) is 7.08. The van der Waals surface area contributed by atoms with Crippen molar-refractivity contribution in [3.05, 3.63) is 11.6 Å². The van der Waals surface area contributed by atoms with E-state index in [0.29, 0.717) is 10.8 Å². The van der Waals surface area contributed by atoms with E-state index < -0.39 is 0 Å². The number of hydrogen-bond acceptors (Lipinski definition) is 1. The minimum atomic E-state index is 0.0195. The van der Waals surface area contributed by atoms with Gasteiger partial charge < -0.3 is 5.11 Å². The molecule has 0 aliphatic heterocycles. The molecule has 0 aromatic rings. The van der Waals surface area contributed by atoms with Crippen LogP contribution in [0.15, 0.2) is 11.6 Å². The molecule has 3 aliphatic carbocycles. The third-order valence-electron chi connectivity index (χ3n) is 6.38. The van der Waals surface area contributed by atoms with Gasteiger partial charge in [0.2, 0.25) is 0 Å². The van der Waals surface area contributed by atoms with Gasteiger partial charge in [-0.3, -0.25) is 0 Å². The molecule has 0 bridgehead atoms. The molecule has 1 nitrogen and oxygen atoms in total. The highest BCUT2D eigenvalue weighted by atomic mass is 16.3. The molecule has 4 unspecified atom stereocenters. The molecule has 17 heavy (non-hydrogen) atoms. The normalized spacial score (nSPS) is 47.5. The Hall–Kier alpha value is -0.300. The molecule has 1 heteroatoms. The van der Waals surface area contributed by atoms with Crippen LogP contribution in [-0.4, -0.2) is 11.2 Å². The number of aliphatic hydroxyl groups is 1. The molecule has 0 aromatic carbocycles. The van der Waals surface area contributed by atoms with Crippen LogP contribution in [0, 0.1) is 22.7 Å². The Labute approximate surface area is 105 Å². The zero-order valence-corrected chi connectivity index (χ0v) is 11.5. The van der Waals surface area contributed by atoms with Gasteiger partial charge in [0.15, 0.2) is 0 Å². The third-order valence-corrected chi connectivity index (χ3v) is 6.38. The van der Waals surface area contributed by atoms with Crippen LogP contribution < -0.4 is 0 Å². The maximum absolute atomic E-state index is 10.1. The van der Waals surface area contributed by atoms with Gasteiger partial charge in [0.05, 0.1) is 6.10 Å². The minimum Gasteiger partial charge on any atom is -0.393 e. The van der Waals surface area contributed by atoms with Gasteiger partial charge >= 0.3 is 0 Å². The maximum atomic E-state index is 10.1. The molecule has 4 atom stereocenters. The molecule has 1 spiro atoms. The number of hydrogen-bond donors (Lipinski definition) is 1. The molecule has 0 radical (unpaired) electrons. The van der Waals surface area contributed by atoms with Crippen molar-refractivity contribution in [3.8, 4) is 0 Å². The Balaban J connectivity index is 1.64. The standard InChI is InChI=1S/C16H26O/c1-11-6-7-12(15(11,2)3)9-13-10-16(13)8-4-5-14(16)17/h6,12-14,17H,4-5,7-10H2,1-3H3. The van der Waals surface area contributed by atoms with Crippen molar-refractivity contribution >= 4 is 0 Å². The zero-order chi connectivity index (χ0) is 12.3. The molecular weight excluding hydrogens is 208 g/mol. The fraction of sp³-hybridized carbons (Fsp3) is 0.875. The van der Waals surface area contributed by atoms with Crippen molar-refractivity contribution in [2.75, 3.05) is 0 Å². The lowest BCUT2D eigenvalue weighted by molar-refractivity contribution is 0.103. The van der Waals surface area contributed by atoms with Crippen LogP contribution in [0.2, 0.25) is 0 Å². The highest BCUT2D eigenvalue weighted by Gasteiger charge is 2.60. The molecule has 96 valence electrons. The molecule has 1 N–H and O–H groups in total. The van der Waals surface area contributed by atoms with Crippen LogP contribution in [0.4, 0.5) is 0 Å². The highest BCUT2D eigenvalue weighted by Crippen LogP contribution is 2.66. The van der Waals surface area contributed by atoms with Crippen molar-refractivity contribution in [2.24, 2.45) is 22.7 Å². The number of allylic oxidation sites excluding steroid dienone is 2. The second-order valence-corrected chi connectivity index (χ2v) is 7.32. The molecule has 0 amide bonds. The summed E-state index contributed by atoms with van der Waals surface area (Å²) in [6.07, 6.45) is 9.97. The second kappa shape index (κ2) is 3.60. The van der Waals surface area contributed by atoms with E-state index >= 15 is 0 Å². The lowest BCUT2D eigenvalue weighted by atomic mass is 9.74. The summed E-state index contributed by atoms with van der Waals surface area (Å²) in [5.41, 5.74) is 2.34. The summed E-state index contributed by atoms with van der Waals surface area (Å²) >= 11 is 0. The van der Waals surface area contributed by atoms with Crippen LogP contribution in [-0.2, 0) is 0 Å². The Morgan fingerprint density at radius 3 is 2.65 bits per heavy atom. The molecule has 2 fully saturated rings. The van der Waals surface area contributed by atoms with E-state index in [2.05, 4.69) is 26.8 Å². The van der Waals surface area contributed by atoms with E-state index in [1.807, 2.05) is 0 Å². The largest absolute Gasteiger partial charge is 0.393 e. The van der Waals surface area contributed by atoms with Crippen molar-refractivity contribution in [1.82, 2.24) is 0 Å². The summed E-state index contributed by atoms with van der Waals surface area (Å²) in [5, 5.41) is 10.1. The van der Waals surface area contributed by atoms with Gasteiger partial charge in [-0.1, -0.05) is 31.9 Å². The van der Waals surface area contributed by atoms with Gasteiger partial charge in [-0.2, -0.15) is 0 Å². The van der Waals surface area contributed by atoms with E-state index in [9.17, 15) is 5.11 Å². The average Bonchev–Trinajstić information content (AvgIpc) is 2.75. The van der Waals surface area contributed by atoms with Gasteiger partial charge in [-0.15, -0.1) is 0 Å². The first-order chi connectivity index (χ1) is 7.97. The summed E-state index contributed by atoms with van der Waals surface area (Å²) in [6, 6.07) is 0. The molecular formula is C16H26O. The molecule has 0 heterocycles. The van der Waals surface area contributed by atoms with Gasteiger partial charge in [0.25, 0.3) is 0 Å². The predicted octanol–water partition coefficient (Wildman–Crippen LogP) is 3.92. The van der Waals surface area contributed by atoms with Gasteiger partial charge in [0, 0.05) is 0 Å². The van der Waals surface area contributed by atoms with E-state index in [1.165, 1.54) is 32.1 Å². The zero-order valence-electron chi connectivity index (χ0n) is 11.5. The Morgan fingerprint density at radius 2 is 2.12 bits per heavy atom. The molecule has 3 rings (SSSR count). The summed E-state index contributed by atoms with van der Waals surface area (Å²) < 4.78 is 0. The first kappa shape index (κ1) is 11.8. The third kappa shape index (κ3) is 1.62. The lowest BCUT2D eigenvalue weighted by Gasteiger charge is -2.30. The maximum Gasteiger partial charge on any atom is 0.0599 e. The monoisotopic (exact) mass is 234 g/mol. The molecule has 2 saturated carbocycles. The van der Waals surface area contributed by atoms with Gasteiger partial charge in [0.1, 0.15) is 0 Å². The van der Waals surface area contributed by atoms with Crippen LogP contribution in [0.25, 0.3) is 0 Å². The summed E-state index contributed by atoms with van der Waals surface area (Å²) in [4.78, 5) is 0. The van der Waals surface area contributed by atoms with Crippen molar-refractivity contribution in [1.29, 1.82) is 0 Å². The molecule has 0 aromatic heterocycles. The molecule has 0 saturated heterocycles. The van der Waals surface area contributed by atoms with E-state index in [-0.39, 0.29) is 6.10 Å². The minimum absolute atomic E-state index is 0.0195. The highest BCUT2D eigenvalue weighted by molar-refractivity contribution is 5.20. The van der Waals surface area contributed by atoms with Gasteiger partial charge in [-0.05, 0) is 61.7 Å². The summed E-state index contributed by atoms with van der Waals surface area (Å²) in [7, 11) is 0. The quantitative estimate of drug-likeness (QED) is 0.718. The van der Waals surface area contributed by atoms with E-state index in [4.69, 9.17) is 0 Å². The second-order valence-electron chi connectivity index (χ2n) is 7.32. The summed E-state index contributed by atoms with van der Waals surface area (Å²) in [5.74, 6) is 1.64. The van der Waals surface area contributed by atoms with Crippen LogP contribution in [0.1, 0.15) is 59.3 Å². The van der Waals surface area contributed by atoms with Crippen LogP contribution in [0.3, 0.4) is 0 Å². The first-order valence-electron chi connectivity index (χ1n) is 7.32. The number of rotatable bonds is 2. The topological polar surface area (TPSA) is 20.2 Å². The molecule has 3 aliphatic rings. The Bertz CT molecular complexity index is 355. The van der Waals surface area contributed by atoms with E-state index in [1.54, 1.807) is 5.57 Å². The van der Waals surface area contributed by atoms with Crippen molar-refractivity contribution in [3.63, 3.8) is 0 Å². The van der Waals surface area contributed by atoms with Crippen molar-refractivity contribution < 1.29 is 5.11 Å². The average molecular weight is 234 g/mol. The smallest absolute Gasteiger partial charge is 0.0599 e. The fourth-order valence-electron chi connectivity index (χ4n) is 4.44. The Morgan fingerprint density at radius 1 is 1.35 bits per heavy atom. The Kier molecular flexibility index (Phi) is 2.49.